The van der Waals surface area contributed by atoms with E-state index in [2.05, 4.69) is 20.9 Å². The van der Waals surface area contributed by atoms with Crippen molar-refractivity contribution < 1.29 is 29.1 Å². The van der Waals surface area contributed by atoms with Gasteiger partial charge < -0.3 is 44.0 Å². The molecule has 0 bridgehead atoms. The molecule has 14 nitrogen and oxygen atoms in total. The van der Waals surface area contributed by atoms with Crippen LogP contribution in [0.5, 0.6) is 0 Å². The van der Waals surface area contributed by atoms with Gasteiger partial charge in [0.1, 0.15) is 18.1 Å². The average molecular weight is 583 g/mol. The first-order valence-corrected chi connectivity index (χ1v) is 13.3. The van der Waals surface area contributed by atoms with Crippen molar-refractivity contribution in [1.29, 1.82) is 0 Å². The maximum Gasteiger partial charge on any atom is 0.326 e. The second-order valence-corrected chi connectivity index (χ2v) is 9.63. The quantitative estimate of drug-likeness (QED) is 0.0597. The normalized spacial score (nSPS) is 13.5. The molecule has 0 aromatic heterocycles. The fourth-order valence-corrected chi connectivity index (χ4v) is 3.99. The molecule has 0 aliphatic heterocycles. The molecule has 226 valence electrons. The Morgan fingerprint density at radius 1 is 0.714 bits per heavy atom. The highest BCUT2D eigenvalue weighted by molar-refractivity contribution is 5.96. The lowest BCUT2D eigenvalue weighted by Crippen LogP contribution is -2.58. The molecule has 4 atom stereocenters. The average Bonchev–Trinajstić information content (AvgIpc) is 2.94. The first-order chi connectivity index (χ1) is 20.0. The van der Waals surface area contributed by atoms with E-state index in [-0.39, 0.29) is 31.8 Å². The van der Waals surface area contributed by atoms with E-state index in [0.717, 1.165) is 0 Å². The van der Waals surface area contributed by atoms with Gasteiger partial charge in [-0.1, -0.05) is 60.7 Å². The SMILES string of the molecule is NC(=O)C[C@H](NC(=O)[C@H](Cc1ccccc1)NC(=O)[C@@H](N)CCCN=C(N)N)C(=O)N[C@@H](Cc1ccccc1)C(=O)O. The van der Waals surface area contributed by atoms with E-state index in [4.69, 9.17) is 22.9 Å². The Balaban J connectivity index is 2.18. The number of primary amides is 1. The van der Waals surface area contributed by atoms with Gasteiger partial charge in [0, 0.05) is 19.4 Å². The van der Waals surface area contributed by atoms with Crippen LogP contribution >= 0.6 is 0 Å². The van der Waals surface area contributed by atoms with Gasteiger partial charge >= 0.3 is 5.97 Å². The van der Waals surface area contributed by atoms with E-state index in [1.54, 1.807) is 60.7 Å². The van der Waals surface area contributed by atoms with Crippen molar-refractivity contribution in [2.75, 3.05) is 6.54 Å². The number of guanidine groups is 1. The number of rotatable bonds is 17. The molecule has 0 saturated carbocycles. The van der Waals surface area contributed by atoms with Gasteiger partial charge in [-0.15, -0.1) is 0 Å². The molecule has 2 aromatic carbocycles. The predicted octanol–water partition coefficient (Wildman–Crippen LogP) is -1.73. The number of hydrogen-bond acceptors (Lipinski definition) is 7. The molecular weight excluding hydrogens is 544 g/mol. The van der Waals surface area contributed by atoms with Crippen molar-refractivity contribution >= 4 is 35.6 Å². The molecule has 2 aromatic rings. The molecule has 42 heavy (non-hydrogen) atoms. The Kier molecular flexibility index (Phi) is 13.4. The molecular formula is C28H38N8O6. The summed E-state index contributed by atoms with van der Waals surface area (Å²) >= 11 is 0. The van der Waals surface area contributed by atoms with E-state index in [0.29, 0.717) is 17.5 Å². The lowest BCUT2D eigenvalue weighted by molar-refractivity contribution is -0.142. The number of hydrogen-bond donors (Lipinski definition) is 8. The summed E-state index contributed by atoms with van der Waals surface area (Å²) in [6.45, 7) is 0.267. The Labute approximate surface area is 243 Å². The van der Waals surface area contributed by atoms with Gasteiger partial charge in [-0.25, -0.2) is 4.79 Å². The number of carbonyl (C=O) groups is 5. The first-order valence-electron chi connectivity index (χ1n) is 13.3. The van der Waals surface area contributed by atoms with Crippen LogP contribution in [0.15, 0.2) is 65.7 Å². The number of carboxylic acid groups (broad SMARTS) is 1. The monoisotopic (exact) mass is 582 g/mol. The summed E-state index contributed by atoms with van der Waals surface area (Å²) in [5.74, 6) is -4.64. The van der Waals surface area contributed by atoms with Gasteiger partial charge in [0.25, 0.3) is 0 Å². The Morgan fingerprint density at radius 3 is 1.69 bits per heavy atom. The summed E-state index contributed by atoms with van der Waals surface area (Å²) in [7, 11) is 0. The van der Waals surface area contributed by atoms with Crippen LogP contribution < -0.4 is 38.9 Å². The number of nitrogens with two attached hydrogens (primary N) is 4. The predicted molar refractivity (Wildman–Crippen MR) is 155 cm³/mol. The van der Waals surface area contributed by atoms with Gasteiger partial charge in [-0.05, 0) is 24.0 Å². The minimum absolute atomic E-state index is 0.0348. The number of benzene rings is 2. The van der Waals surface area contributed by atoms with Crippen LogP contribution in [0.25, 0.3) is 0 Å². The number of nitrogens with one attached hydrogen (secondary N) is 3. The fraction of sp³-hybridized carbons (Fsp3) is 0.357. The third kappa shape index (κ3) is 12.0. The van der Waals surface area contributed by atoms with Crippen LogP contribution in [-0.2, 0) is 36.8 Å². The third-order valence-corrected chi connectivity index (χ3v) is 6.16. The van der Waals surface area contributed by atoms with Gasteiger partial charge in [0.15, 0.2) is 5.96 Å². The molecule has 0 aliphatic carbocycles. The lowest BCUT2D eigenvalue weighted by Gasteiger charge is -2.25. The maximum atomic E-state index is 13.4. The van der Waals surface area contributed by atoms with E-state index < -0.39 is 60.2 Å². The molecule has 0 aliphatic rings. The van der Waals surface area contributed by atoms with Crippen molar-refractivity contribution in [3.05, 3.63) is 71.8 Å². The van der Waals surface area contributed by atoms with Crippen molar-refractivity contribution in [1.82, 2.24) is 16.0 Å². The highest BCUT2D eigenvalue weighted by Gasteiger charge is 2.31. The highest BCUT2D eigenvalue weighted by atomic mass is 16.4. The molecule has 0 unspecified atom stereocenters. The Morgan fingerprint density at radius 2 is 1.19 bits per heavy atom. The number of carbonyl (C=O) groups excluding carboxylic acids is 4. The Hall–Kier alpha value is -4.98. The number of nitrogens with zero attached hydrogens (tertiary/aromatic N) is 1. The summed E-state index contributed by atoms with van der Waals surface area (Å²) in [6, 6.07) is 12.4. The fourth-order valence-electron chi connectivity index (χ4n) is 3.99. The topological polar surface area (TPSA) is 258 Å². The zero-order valence-electron chi connectivity index (χ0n) is 23.1. The van der Waals surface area contributed by atoms with Crippen molar-refractivity contribution in [3.63, 3.8) is 0 Å². The smallest absolute Gasteiger partial charge is 0.326 e. The molecule has 14 heteroatoms. The van der Waals surface area contributed by atoms with Crippen molar-refractivity contribution in [3.8, 4) is 0 Å². The zero-order valence-corrected chi connectivity index (χ0v) is 23.1. The third-order valence-electron chi connectivity index (χ3n) is 6.16. The van der Waals surface area contributed by atoms with E-state index in [1.807, 2.05) is 0 Å². The summed E-state index contributed by atoms with van der Waals surface area (Å²) in [5, 5.41) is 17.1. The van der Waals surface area contributed by atoms with E-state index >= 15 is 0 Å². The summed E-state index contributed by atoms with van der Waals surface area (Å²) < 4.78 is 0. The Bertz CT molecular complexity index is 1240. The second kappa shape index (κ2) is 17.0. The standard InChI is InChI=1S/C28H38N8O6/c29-19(12-7-13-33-28(31)32)24(38)34-20(14-17-8-3-1-4-9-17)25(39)35-21(16-23(30)37)26(40)36-22(27(41)42)15-18-10-5-2-6-11-18/h1-6,8-11,19-22H,7,12-16,29H2,(H2,30,37)(H,34,38)(H,35,39)(H,36,40)(H,41,42)(H4,31,32,33)/t19-,20-,21-,22-/m0/s1. The van der Waals surface area contributed by atoms with Crippen LogP contribution in [0.3, 0.4) is 0 Å². The summed E-state index contributed by atoms with van der Waals surface area (Å²) in [5.41, 5.74) is 23.3. The molecule has 2 rings (SSSR count). The molecule has 0 heterocycles. The lowest BCUT2D eigenvalue weighted by atomic mass is 10.0. The minimum Gasteiger partial charge on any atom is -0.480 e. The number of carboxylic acids is 1. The number of aliphatic carboxylic acids is 1. The largest absolute Gasteiger partial charge is 0.480 e. The van der Waals surface area contributed by atoms with Gasteiger partial charge in [0.2, 0.25) is 23.6 Å². The highest BCUT2D eigenvalue weighted by Crippen LogP contribution is 2.08. The molecule has 0 fully saturated rings. The summed E-state index contributed by atoms with van der Waals surface area (Å²) in [4.78, 5) is 66.8. The molecule has 0 spiro atoms. The van der Waals surface area contributed by atoms with Crippen LogP contribution in [0.2, 0.25) is 0 Å². The van der Waals surface area contributed by atoms with Gasteiger partial charge in [0.05, 0.1) is 12.5 Å². The maximum absolute atomic E-state index is 13.4. The first kappa shape index (κ1) is 33.2. The van der Waals surface area contributed by atoms with E-state index in [9.17, 15) is 29.1 Å². The van der Waals surface area contributed by atoms with Crippen LogP contribution in [0, 0.1) is 0 Å². The molecule has 12 N–H and O–H groups in total. The minimum atomic E-state index is -1.50. The van der Waals surface area contributed by atoms with Crippen LogP contribution in [-0.4, -0.2) is 71.4 Å². The number of amides is 4. The second-order valence-electron chi connectivity index (χ2n) is 9.63. The van der Waals surface area contributed by atoms with Crippen LogP contribution in [0.4, 0.5) is 0 Å². The van der Waals surface area contributed by atoms with Gasteiger partial charge in [-0.2, -0.15) is 0 Å². The zero-order chi connectivity index (χ0) is 31.1. The van der Waals surface area contributed by atoms with Crippen LogP contribution in [0.1, 0.15) is 30.4 Å². The molecule has 0 saturated heterocycles. The molecule has 4 amide bonds. The van der Waals surface area contributed by atoms with Crippen molar-refractivity contribution in [2.45, 2.75) is 56.3 Å². The van der Waals surface area contributed by atoms with Gasteiger partial charge in [-0.3, -0.25) is 24.2 Å². The summed E-state index contributed by atoms with van der Waals surface area (Å²) in [6.07, 6.45) is 0.0396. The van der Waals surface area contributed by atoms with Crippen molar-refractivity contribution in [2.24, 2.45) is 27.9 Å². The van der Waals surface area contributed by atoms with E-state index in [1.165, 1.54) is 0 Å². The number of aliphatic imine (C=N–C) groups is 1. The molecule has 0 radical (unpaired) electrons.